The minimum Gasteiger partial charge on any atom is -0.288 e. The summed E-state index contributed by atoms with van der Waals surface area (Å²) in [6.07, 6.45) is -3.79. The standard InChI is InChI=1S/C14H9F3OS/c15-14(16,17)11(9-10-5-2-1-3-6-10)13(18)12-7-4-8-19-12/h1-9H/b11-9-. The van der Waals surface area contributed by atoms with Crippen molar-refractivity contribution in [2.24, 2.45) is 0 Å². The summed E-state index contributed by atoms with van der Waals surface area (Å²) in [4.78, 5) is 12.0. The molecule has 0 radical (unpaired) electrons. The van der Waals surface area contributed by atoms with Gasteiger partial charge in [-0.05, 0) is 23.1 Å². The van der Waals surface area contributed by atoms with Gasteiger partial charge in [0, 0.05) is 0 Å². The minimum absolute atomic E-state index is 0.0829. The number of hydrogen-bond donors (Lipinski definition) is 0. The third-order valence-corrected chi connectivity index (χ3v) is 3.27. The molecule has 0 aliphatic rings. The summed E-state index contributed by atoms with van der Waals surface area (Å²) in [5.74, 6) is -0.994. The molecule has 1 heterocycles. The third kappa shape index (κ3) is 3.32. The summed E-state index contributed by atoms with van der Waals surface area (Å²) in [6.45, 7) is 0. The lowest BCUT2D eigenvalue weighted by atomic mass is 10.1. The molecule has 0 aliphatic heterocycles. The molecule has 0 bridgehead atoms. The van der Waals surface area contributed by atoms with E-state index in [-0.39, 0.29) is 4.88 Å². The molecule has 1 nitrogen and oxygen atoms in total. The van der Waals surface area contributed by atoms with E-state index in [0.717, 1.165) is 17.4 Å². The first-order chi connectivity index (χ1) is 8.98. The monoisotopic (exact) mass is 282 g/mol. The lowest BCUT2D eigenvalue weighted by Gasteiger charge is -2.09. The molecule has 2 aromatic rings. The van der Waals surface area contributed by atoms with Crippen LogP contribution in [0.5, 0.6) is 0 Å². The van der Waals surface area contributed by atoms with Crippen molar-refractivity contribution in [3.05, 3.63) is 63.9 Å². The Morgan fingerprint density at radius 1 is 1.05 bits per heavy atom. The van der Waals surface area contributed by atoms with E-state index in [1.807, 2.05) is 0 Å². The molecule has 2 rings (SSSR count). The molecule has 0 amide bonds. The number of benzene rings is 1. The molecule has 0 atom stereocenters. The lowest BCUT2D eigenvalue weighted by molar-refractivity contribution is -0.0878. The van der Waals surface area contributed by atoms with E-state index >= 15 is 0 Å². The molecule has 0 saturated heterocycles. The van der Waals surface area contributed by atoms with Gasteiger partial charge in [0.15, 0.2) is 0 Å². The highest BCUT2D eigenvalue weighted by Gasteiger charge is 2.39. The summed E-state index contributed by atoms with van der Waals surface area (Å²) in [5, 5.41) is 1.57. The van der Waals surface area contributed by atoms with Crippen LogP contribution in [0.3, 0.4) is 0 Å². The Morgan fingerprint density at radius 3 is 2.26 bits per heavy atom. The maximum atomic E-state index is 13.0. The summed E-state index contributed by atoms with van der Waals surface area (Å²) >= 11 is 0.996. The molecule has 0 fully saturated rings. The van der Waals surface area contributed by atoms with Gasteiger partial charge < -0.3 is 0 Å². The number of thiophene rings is 1. The maximum absolute atomic E-state index is 13.0. The van der Waals surface area contributed by atoms with Crippen LogP contribution in [0, 0.1) is 0 Å². The largest absolute Gasteiger partial charge is 0.420 e. The quantitative estimate of drug-likeness (QED) is 0.595. The number of alkyl halides is 3. The number of rotatable bonds is 3. The predicted octanol–water partition coefficient (Wildman–Crippen LogP) is 4.58. The van der Waals surface area contributed by atoms with Crippen LogP contribution in [0.15, 0.2) is 53.4 Å². The Kier molecular flexibility index (Phi) is 3.85. The average molecular weight is 282 g/mol. The van der Waals surface area contributed by atoms with Crippen LogP contribution in [-0.2, 0) is 0 Å². The van der Waals surface area contributed by atoms with Crippen molar-refractivity contribution in [1.29, 1.82) is 0 Å². The van der Waals surface area contributed by atoms with Gasteiger partial charge in [0.25, 0.3) is 0 Å². The summed E-state index contributed by atoms with van der Waals surface area (Å²) in [6, 6.07) is 10.9. The third-order valence-electron chi connectivity index (χ3n) is 2.41. The molecule has 0 unspecified atom stereocenters. The van der Waals surface area contributed by atoms with Gasteiger partial charge in [-0.1, -0.05) is 36.4 Å². The fraction of sp³-hybridized carbons (Fsp3) is 0.0714. The number of Topliss-reactive ketones (excluding diaryl/α,β-unsaturated/α-hetero) is 1. The second-order valence-electron chi connectivity index (χ2n) is 3.77. The van der Waals surface area contributed by atoms with E-state index in [1.54, 1.807) is 29.6 Å². The van der Waals surface area contributed by atoms with Crippen LogP contribution in [0.1, 0.15) is 15.2 Å². The van der Waals surface area contributed by atoms with Crippen molar-refractivity contribution < 1.29 is 18.0 Å². The molecule has 0 aliphatic carbocycles. The Morgan fingerprint density at radius 2 is 1.74 bits per heavy atom. The fourth-order valence-electron chi connectivity index (χ4n) is 1.53. The van der Waals surface area contributed by atoms with Crippen molar-refractivity contribution in [3.63, 3.8) is 0 Å². The number of carbonyl (C=O) groups is 1. The van der Waals surface area contributed by atoms with Crippen molar-refractivity contribution >= 4 is 23.2 Å². The molecular formula is C14H9F3OS. The number of halogens is 3. The van der Waals surface area contributed by atoms with Crippen molar-refractivity contribution in [2.75, 3.05) is 0 Å². The number of allylic oxidation sites excluding steroid dienone is 1. The zero-order valence-corrected chi connectivity index (χ0v) is 10.5. The number of ketones is 1. The van der Waals surface area contributed by atoms with Crippen LogP contribution >= 0.6 is 11.3 Å². The van der Waals surface area contributed by atoms with E-state index in [9.17, 15) is 18.0 Å². The maximum Gasteiger partial charge on any atom is 0.420 e. The van der Waals surface area contributed by atoms with Gasteiger partial charge in [0.05, 0.1) is 4.88 Å². The predicted molar refractivity (Wildman–Crippen MR) is 69.1 cm³/mol. The minimum atomic E-state index is -4.67. The SMILES string of the molecule is O=C(/C(=C/c1ccccc1)C(F)(F)F)c1cccs1. The average Bonchev–Trinajstić information content (AvgIpc) is 2.89. The van der Waals surface area contributed by atoms with Gasteiger partial charge in [-0.15, -0.1) is 11.3 Å². The van der Waals surface area contributed by atoms with Crippen LogP contribution in [0.4, 0.5) is 13.2 Å². The summed E-state index contributed by atoms with van der Waals surface area (Å²) < 4.78 is 38.9. The molecule has 1 aromatic heterocycles. The Hall–Kier alpha value is -1.88. The highest BCUT2D eigenvalue weighted by molar-refractivity contribution is 7.12. The van der Waals surface area contributed by atoms with E-state index in [2.05, 4.69) is 0 Å². The second-order valence-corrected chi connectivity index (χ2v) is 4.72. The fourth-order valence-corrected chi connectivity index (χ4v) is 2.21. The highest BCUT2D eigenvalue weighted by Crippen LogP contribution is 2.31. The van der Waals surface area contributed by atoms with Crippen molar-refractivity contribution in [1.82, 2.24) is 0 Å². The normalized spacial score (nSPS) is 12.5. The first-order valence-corrected chi connectivity index (χ1v) is 6.28. The van der Waals surface area contributed by atoms with Crippen LogP contribution in [0.25, 0.3) is 6.08 Å². The highest BCUT2D eigenvalue weighted by atomic mass is 32.1. The molecule has 98 valence electrons. The summed E-state index contributed by atoms with van der Waals surface area (Å²) in [7, 11) is 0. The van der Waals surface area contributed by atoms with E-state index in [0.29, 0.717) is 5.56 Å². The smallest absolute Gasteiger partial charge is 0.288 e. The first kappa shape index (κ1) is 13.5. The summed E-state index contributed by atoms with van der Waals surface area (Å²) in [5.41, 5.74) is -0.805. The second kappa shape index (κ2) is 5.40. The van der Waals surface area contributed by atoms with Crippen LogP contribution < -0.4 is 0 Å². The van der Waals surface area contributed by atoms with E-state index in [4.69, 9.17) is 0 Å². The Balaban J connectivity index is 2.43. The molecule has 5 heteroatoms. The van der Waals surface area contributed by atoms with Crippen LogP contribution in [-0.4, -0.2) is 12.0 Å². The van der Waals surface area contributed by atoms with E-state index in [1.165, 1.54) is 18.2 Å². The number of hydrogen-bond acceptors (Lipinski definition) is 2. The van der Waals surface area contributed by atoms with Crippen molar-refractivity contribution in [2.45, 2.75) is 6.18 Å². The van der Waals surface area contributed by atoms with Crippen LogP contribution in [0.2, 0.25) is 0 Å². The molecule has 1 aromatic carbocycles. The molecule has 0 N–H and O–H groups in total. The van der Waals surface area contributed by atoms with Crippen molar-refractivity contribution in [3.8, 4) is 0 Å². The number of carbonyl (C=O) groups excluding carboxylic acids is 1. The Bertz CT molecular complexity index is 583. The van der Waals surface area contributed by atoms with Gasteiger partial charge in [-0.25, -0.2) is 0 Å². The van der Waals surface area contributed by atoms with Gasteiger partial charge in [0.2, 0.25) is 5.78 Å². The van der Waals surface area contributed by atoms with Gasteiger partial charge in [-0.3, -0.25) is 4.79 Å². The zero-order valence-electron chi connectivity index (χ0n) is 9.65. The van der Waals surface area contributed by atoms with Gasteiger partial charge >= 0.3 is 6.18 Å². The zero-order chi connectivity index (χ0) is 13.9. The van der Waals surface area contributed by atoms with Gasteiger partial charge in [0.1, 0.15) is 5.57 Å². The van der Waals surface area contributed by atoms with Gasteiger partial charge in [-0.2, -0.15) is 13.2 Å². The molecular weight excluding hydrogens is 273 g/mol. The topological polar surface area (TPSA) is 17.1 Å². The molecule has 19 heavy (non-hydrogen) atoms. The first-order valence-electron chi connectivity index (χ1n) is 5.40. The van der Waals surface area contributed by atoms with E-state index < -0.39 is 17.5 Å². The molecule has 0 spiro atoms. The lowest BCUT2D eigenvalue weighted by Crippen LogP contribution is -2.19. The Labute approximate surface area is 112 Å². The molecule has 0 saturated carbocycles.